The van der Waals surface area contributed by atoms with E-state index in [4.69, 9.17) is 9.47 Å². The van der Waals surface area contributed by atoms with Gasteiger partial charge < -0.3 is 14.4 Å². The molecule has 1 unspecified atom stereocenters. The van der Waals surface area contributed by atoms with Crippen molar-refractivity contribution in [2.75, 3.05) is 59.7 Å². The van der Waals surface area contributed by atoms with Gasteiger partial charge in [0, 0.05) is 39.8 Å². The van der Waals surface area contributed by atoms with Crippen LogP contribution in [0.5, 0.6) is 0 Å². The highest BCUT2D eigenvalue weighted by atomic mass is 32.2. The second-order valence-electron chi connectivity index (χ2n) is 7.44. The molecule has 0 N–H and O–H groups in total. The van der Waals surface area contributed by atoms with Gasteiger partial charge in [-0.25, -0.2) is 8.42 Å². The number of piperazine rings is 1. The number of amides is 1. The first-order valence-corrected chi connectivity index (χ1v) is 10.6. The van der Waals surface area contributed by atoms with Crippen molar-refractivity contribution in [2.24, 2.45) is 0 Å². The summed E-state index contributed by atoms with van der Waals surface area (Å²) in [6.45, 7) is 3.88. The molecule has 1 atom stereocenters. The Morgan fingerprint density at radius 2 is 2.00 bits per heavy atom. The molecule has 3 saturated heterocycles. The summed E-state index contributed by atoms with van der Waals surface area (Å²) in [7, 11) is -2.01. The van der Waals surface area contributed by atoms with Gasteiger partial charge in [0.05, 0.1) is 29.7 Å². The number of hydrogen-bond acceptors (Lipinski definition) is 6. The van der Waals surface area contributed by atoms with Crippen molar-refractivity contribution in [1.29, 1.82) is 0 Å². The number of ether oxygens (including phenoxy) is 2. The largest absolute Gasteiger partial charge is 0.378 e. The maximum absolute atomic E-state index is 12.9. The summed E-state index contributed by atoms with van der Waals surface area (Å²) in [5.41, 5.74) is -0.349. The minimum atomic E-state index is -3.52. The molecule has 27 heavy (non-hydrogen) atoms. The Balaban J connectivity index is 1.55. The SMILES string of the molecule is COCC(=O)N1CC2COCCN2C2(C1)CN(S(=O)(=O)c1ccccc1)C2. The Kier molecular flexibility index (Phi) is 4.98. The van der Waals surface area contributed by atoms with Crippen molar-refractivity contribution in [3.8, 4) is 0 Å². The van der Waals surface area contributed by atoms with Crippen LogP contribution >= 0.6 is 0 Å². The van der Waals surface area contributed by atoms with Crippen molar-refractivity contribution in [3.05, 3.63) is 30.3 Å². The highest BCUT2D eigenvalue weighted by molar-refractivity contribution is 7.89. The lowest BCUT2D eigenvalue weighted by molar-refractivity contribution is -0.167. The number of rotatable bonds is 4. The highest BCUT2D eigenvalue weighted by Gasteiger charge is 2.57. The average molecular weight is 395 g/mol. The number of fused-ring (bicyclic) bond motifs is 2. The second-order valence-corrected chi connectivity index (χ2v) is 9.38. The molecule has 3 aliphatic rings. The van der Waals surface area contributed by atoms with Crippen molar-refractivity contribution in [2.45, 2.75) is 16.5 Å². The molecule has 0 aromatic heterocycles. The zero-order chi connectivity index (χ0) is 19.1. The lowest BCUT2D eigenvalue weighted by atomic mass is 9.84. The van der Waals surface area contributed by atoms with Crippen LogP contribution in [0.4, 0.5) is 0 Å². The number of methoxy groups -OCH3 is 1. The van der Waals surface area contributed by atoms with Crippen LogP contribution in [0.1, 0.15) is 0 Å². The van der Waals surface area contributed by atoms with Crippen LogP contribution in [0.25, 0.3) is 0 Å². The Morgan fingerprint density at radius 3 is 2.70 bits per heavy atom. The molecule has 1 amide bonds. The van der Waals surface area contributed by atoms with E-state index in [1.165, 1.54) is 11.4 Å². The summed E-state index contributed by atoms with van der Waals surface area (Å²) in [6, 6.07) is 8.59. The van der Waals surface area contributed by atoms with Gasteiger partial charge in [-0.2, -0.15) is 4.31 Å². The summed E-state index contributed by atoms with van der Waals surface area (Å²) in [6.07, 6.45) is 0. The summed E-state index contributed by atoms with van der Waals surface area (Å²) in [5, 5.41) is 0. The number of benzene rings is 1. The van der Waals surface area contributed by atoms with Crippen molar-refractivity contribution in [1.82, 2.24) is 14.1 Å². The summed E-state index contributed by atoms with van der Waals surface area (Å²) >= 11 is 0. The first-order chi connectivity index (χ1) is 13.0. The van der Waals surface area contributed by atoms with Gasteiger partial charge in [-0.15, -0.1) is 0 Å². The Labute approximate surface area is 159 Å². The number of morpholine rings is 1. The minimum Gasteiger partial charge on any atom is -0.378 e. The van der Waals surface area contributed by atoms with Crippen LogP contribution < -0.4 is 0 Å². The highest BCUT2D eigenvalue weighted by Crippen LogP contribution is 2.38. The van der Waals surface area contributed by atoms with Gasteiger partial charge in [0.25, 0.3) is 0 Å². The molecule has 4 rings (SSSR count). The lowest BCUT2D eigenvalue weighted by Gasteiger charge is -2.62. The van der Waals surface area contributed by atoms with E-state index in [9.17, 15) is 13.2 Å². The maximum Gasteiger partial charge on any atom is 0.248 e. The Bertz CT molecular complexity index is 794. The minimum absolute atomic E-state index is 0.0374. The van der Waals surface area contributed by atoms with E-state index in [-0.39, 0.29) is 24.1 Å². The number of sulfonamides is 1. The van der Waals surface area contributed by atoms with E-state index in [2.05, 4.69) is 4.90 Å². The smallest absolute Gasteiger partial charge is 0.248 e. The van der Waals surface area contributed by atoms with E-state index in [0.29, 0.717) is 44.3 Å². The van der Waals surface area contributed by atoms with Crippen LogP contribution in [0.2, 0.25) is 0 Å². The van der Waals surface area contributed by atoms with Gasteiger partial charge in [-0.1, -0.05) is 18.2 Å². The molecule has 1 spiro atoms. The van der Waals surface area contributed by atoms with Crippen molar-refractivity contribution < 1.29 is 22.7 Å². The quantitative estimate of drug-likeness (QED) is 0.692. The molecule has 9 heteroatoms. The average Bonchev–Trinajstić information content (AvgIpc) is 2.66. The van der Waals surface area contributed by atoms with Crippen molar-refractivity contribution >= 4 is 15.9 Å². The van der Waals surface area contributed by atoms with Crippen LogP contribution in [-0.2, 0) is 24.3 Å². The fourth-order valence-corrected chi connectivity index (χ4v) is 6.02. The van der Waals surface area contributed by atoms with E-state index in [1.807, 2.05) is 0 Å². The molecule has 0 radical (unpaired) electrons. The number of carbonyl (C=O) groups is 1. The van der Waals surface area contributed by atoms with E-state index in [0.717, 1.165) is 6.54 Å². The molecule has 3 aliphatic heterocycles. The molecule has 0 bridgehead atoms. The van der Waals surface area contributed by atoms with Crippen LogP contribution in [0.3, 0.4) is 0 Å². The third-order valence-electron chi connectivity index (χ3n) is 5.70. The fourth-order valence-electron chi connectivity index (χ4n) is 4.40. The predicted molar refractivity (Wildman–Crippen MR) is 97.7 cm³/mol. The van der Waals surface area contributed by atoms with E-state index in [1.54, 1.807) is 35.2 Å². The van der Waals surface area contributed by atoms with E-state index < -0.39 is 10.0 Å². The predicted octanol–water partition coefficient (Wildman–Crippen LogP) is -0.381. The van der Waals surface area contributed by atoms with Crippen molar-refractivity contribution in [3.63, 3.8) is 0 Å². The van der Waals surface area contributed by atoms with Crippen LogP contribution in [0.15, 0.2) is 35.2 Å². The van der Waals surface area contributed by atoms with Gasteiger partial charge in [0.15, 0.2) is 0 Å². The van der Waals surface area contributed by atoms with Gasteiger partial charge in [0.2, 0.25) is 15.9 Å². The molecule has 0 saturated carbocycles. The monoisotopic (exact) mass is 395 g/mol. The standard InChI is InChI=1S/C18H25N3O5S/c1-25-11-17(22)19-9-15-10-26-8-7-21(15)18(12-19)13-20(14-18)27(23,24)16-5-3-2-4-6-16/h2-6,15H,7-14H2,1H3. The van der Waals surface area contributed by atoms with Gasteiger partial charge in [-0.05, 0) is 12.1 Å². The molecule has 8 nitrogen and oxygen atoms in total. The summed E-state index contributed by atoms with van der Waals surface area (Å²) in [4.78, 5) is 16.9. The molecule has 1 aromatic rings. The molecule has 3 fully saturated rings. The summed E-state index contributed by atoms with van der Waals surface area (Å²) < 4.78 is 37.9. The third-order valence-corrected chi connectivity index (χ3v) is 7.50. The Hall–Kier alpha value is -1.52. The summed E-state index contributed by atoms with van der Waals surface area (Å²) in [5.74, 6) is -0.0635. The van der Waals surface area contributed by atoms with Crippen LogP contribution in [0, 0.1) is 0 Å². The molecule has 0 aliphatic carbocycles. The zero-order valence-electron chi connectivity index (χ0n) is 15.4. The third kappa shape index (κ3) is 3.27. The first kappa shape index (κ1) is 18.8. The lowest BCUT2D eigenvalue weighted by Crippen LogP contribution is -2.81. The van der Waals surface area contributed by atoms with Gasteiger partial charge in [-0.3, -0.25) is 9.69 Å². The second kappa shape index (κ2) is 7.14. The van der Waals surface area contributed by atoms with E-state index >= 15 is 0 Å². The first-order valence-electron chi connectivity index (χ1n) is 9.13. The topological polar surface area (TPSA) is 79.4 Å². The molecular formula is C18H25N3O5S. The molecule has 3 heterocycles. The molecular weight excluding hydrogens is 370 g/mol. The number of carbonyl (C=O) groups excluding carboxylic acids is 1. The van der Waals surface area contributed by atoms with Crippen LogP contribution in [-0.4, -0.2) is 99.7 Å². The fraction of sp³-hybridized carbons (Fsp3) is 0.611. The number of nitrogens with zero attached hydrogens (tertiary/aromatic N) is 3. The van der Waals surface area contributed by atoms with Gasteiger partial charge in [0.1, 0.15) is 6.61 Å². The molecule has 148 valence electrons. The number of hydrogen-bond donors (Lipinski definition) is 0. The van der Waals surface area contributed by atoms with Gasteiger partial charge >= 0.3 is 0 Å². The Morgan fingerprint density at radius 1 is 1.26 bits per heavy atom. The normalized spacial score (nSPS) is 25.8. The maximum atomic E-state index is 12.9. The molecule has 1 aromatic carbocycles. The zero-order valence-corrected chi connectivity index (χ0v) is 16.2.